The molecule has 0 unspecified atom stereocenters. The van der Waals surface area contributed by atoms with Crippen LogP contribution in [0.4, 0.5) is 0 Å². The average Bonchev–Trinajstić information content (AvgIpc) is 2.72. The molecule has 0 fully saturated rings. The smallest absolute Gasteiger partial charge is 0.107 e. The summed E-state index contributed by atoms with van der Waals surface area (Å²) in [6, 6.07) is 8.27. The second-order valence-corrected chi connectivity index (χ2v) is 5.29. The van der Waals surface area contributed by atoms with Gasteiger partial charge in [0.15, 0.2) is 0 Å². The number of aryl methyl sites for hydroxylation is 2. The van der Waals surface area contributed by atoms with Gasteiger partial charge in [-0.25, -0.2) is 4.98 Å². The maximum atomic E-state index is 4.68. The topological polar surface area (TPSA) is 40.7 Å². The molecule has 96 valence electrons. The van der Waals surface area contributed by atoms with Crippen molar-refractivity contribution in [2.45, 2.75) is 19.8 Å². The van der Waals surface area contributed by atoms with Crippen molar-refractivity contribution >= 4 is 15.9 Å². The number of halogens is 1. The van der Waals surface area contributed by atoms with Gasteiger partial charge in [0.1, 0.15) is 5.82 Å². The lowest BCUT2D eigenvalue weighted by molar-refractivity contribution is 0.707. The monoisotopic (exact) mass is 307 g/mol. The van der Waals surface area contributed by atoms with Gasteiger partial charge in [-0.1, -0.05) is 28.1 Å². The van der Waals surface area contributed by atoms with Crippen LogP contribution in [0, 0.1) is 6.92 Å². The first-order valence-corrected chi connectivity index (χ1v) is 6.96. The average molecular weight is 308 g/mol. The molecular formula is C14H18BrN3. The summed E-state index contributed by atoms with van der Waals surface area (Å²) in [5.41, 5.74) is 3.35. The summed E-state index contributed by atoms with van der Waals surface area (Å²) in [5, 5.41) is 3.15. The third-order valence-corrected chi connectivity index (χ3v) is 3.42. The zero-order valence-electron chi connectivity index (χ0n) is 10.8. The van der Waals surface area contributed by atoms with Crippen molar-refractivity contribution < 1.29 is 0 Å². The van der Waals surface area contributed by atoms with Crippen LogP contribution in [0.5, 0.6) is 0 Å². The van der Waals surface area contributed by atoms with Crippen molar-refractivity contribution in [3.63, 3.8) is 0 Å². The lowest BCUT2D eigenvalue weighted by Crippen LogP contribution is -2.08. The van der Waals surface area contributed by atoms with Gasteiger partial charge in [0.05, 0.1) is 5.69 Å². The van der Waals surface area contributed by atoms with Gasteiger partial charge in [0, 0.05) is 22.2 Å². The Labute approximate surface area is 116 Å². The second kappa shape index (κ2) is 6.16. The van der Waals surface area contributed by atoms with Crippen molar-refractivity contribution in [1.29, 1.82) is 0 Å². The second-order valence-electron chi connectivity index (χ2n) is 4.37. The van der Waals surface area contributed by atoms with Crippen LogP contribution in [0.2, 0.25) is 0 Å². The first kappa shape index (κ1) is 13.3. The van der Waals surface area contributed by atoms with Crippen molar-refractivity contribution in [3.05, 3.63) is 40.3 Å². The Bertz CT molecular complexity index is 502. The van der Waals surface area contributed by atoms with Crippen LogP contribution in [-0.2, 0) is 6.42 Å². The molecule has 0 atom stereocenters. The number of H-pyrrole nitrogens is 1. The molecule has 1 aromatic heterocycles. The van der Waals surface area contributed by atoms with E-state index in [0.717, 1.165) is 46.6 Å². The number of nitrogens with zero attached hydrogens (tertiary/aromatic N) is 1. The highest BCUT2D eigenvalue weighted by Gasteiger charge is 2.08. The molecular weight excluding hydrogens is 290 g/mol. The van der Waals surface area contributed by atoms with Crippen LogP contribution in [0.3, 0.4) is 0 Å². The Morgan fingerprint density at radius 2 is 2.00 bits per heavy atom. The van der Waals surface area contributed by atoms with Gasteiger partial charge in [0.25, 0.3) is 0 Å². The quantitative estimate of drug-likeness (QED) is 0.832. The van der Waals surface area contributed by atoms with Crippen molar-refractivity contribution in [2.24, 2.45) is 0 Å². The van der Waals surface area contributed by atoms with E-state index in [9.17, 15) is 0 Å². The fourth-order valence-corrected chi connectivity index (χ4v) is 2.23. The van der Waals surface area contributed by atoms with Crippen molar-refractivity contribution in [1.82, 2.24) is 15.3 Å². The number of imidazole rings is 1. The van der Waals surface area contributed by atoms with Crippen molar-refractivity contribution in [2.75, 3.05) is 13.6 Å². The molecule has 18 heavy (non-hydrogen) atoms. The minimum atomic E-state index is 0.984. The number of rotatable bonds is 5. The summed E-state index contributed by atoms with van der Waals surface area (Å²) in [6.45, 7) is 3.10. The molecule has 0 aliphatic rings. The maximum absolute atomic E-state index is 4.68. The summed E-state index contributed by atoms with van der Waals surface area (Å²) >= 11 is 3.45. The van der Waals surface area contributed by atoms with Crippen LogP contribution < -0.4 is 5.32 Å². The van der Waals surface area contributed by atoms with E-state index < -0.39 is 0 Å². The largest absolute Gasteiger partial charge is 0.346 e. The standard InChI is InChI=1S/C14H18BrN3/c1-10-14(11-5-7-12(15)8-6-11)18-13(17-10)4-3-9-16-2/h5-8,16H,3-4,9H2,1-2H3,(H,17,18). The molecule has 2 N–H and O–H groups in total. The normalized spacial score (nSPS) is 10.8. The van der Waals surface area contributed by atoms with Gasteiger partial charge in [-0.05, 0) is 39.1 Å². The van der Waals surface area contributed by atoms with E-state index in [0.29, 0.717) is 0 Å². The van der Waals surface area contributed by atoms with Crippen LogP contribution in [-0.4, -0.2) is 23.6 Å². The van der Waals surface area contributed by atoms with Gasteiger partial charge in [-0.3, -0.25) is 0 Å². The number of nitrogens with one attached hydrogen (secondary N) is 2. The molecule has 0 radical (unpaired) electrons. The Morgan fingerprint density at radius 1 is 1.28 bits per heavy atom. The van der Waals surface area contributed by atoms with E-state index in [1.807, 2.05) is 19.2 Å². The highest BCUT2D eigenvalue weighted by Crippen LogP contribution is 2.23. The minimum Gasteiger partial charge on any atom is -0.346 e. The molecule has 0 spiro atoms. The Hall–Kier alpha value is -1.13. The zero-order chi connectivity index (χ0) is 13.0. The number of benzene rings is 1. The van der Waals surface area contributed by atoms with E-state index >= 15 is 0 Å². The van der Waals surface area contributed by atoms with Crippen LogP contribution in [0.25, 0.3) is 11.3 Å². The highest BCUT2D eigenvalue weighted by atomic mass is 79.9. The van der Waals surface area contributed by atoms with E-state index in [4.69, 9.17) is 0 Å². The van der Waals surface area contributed by atoms with Crippen LogP contribution in [0.15, 0.2) is 28.7 Å². The molecule has 2 aromatic rings. The third-order valence-electron chi connectivity index (χ3n) is 2.89. The Morgan fingerprint density at radius 3 is 2.67 bits per heavy atom. The predicted octanol–water partition coefficient (Wildman–Crippen LogP) is 3.30. The highest BCUT2D eigenvalue weighted by molar-refractivity contribution is 9.10. The molecule has 1 aromatic carbocycles. The van der Waals surface area contributed by atoms with Crippen LogP contribution >= 0.6 is 15.9 Å². The molecule has 0 saturated heterocycles. The van der Waals surface area contributed by atoms with Gasteiger partial charge in [0.2, 0.25) is 0 Å². The Kier molecular flexibility index (Phi) is 4.55. The van der Waals surface area contributed by atoms with E-state index in [1.54, 1.807) is 0 Å². The first-order valence-electron chi connectivity index (χ1n) is 6.16. The lowest BCUT2D eigenvalue weighted by Gasteiger charge is -1.98. The molecule has 3 nitrogen and oxygen atoms in total. The van der Waals surface area contributed by atoms with E-state index in [2.05, 4.69) is 50.3 Å². The minimum absolute atomic E-state index is 0.984. The van der Waals surface area contributed by atoms with Crippen molar-refractivity contribution in [3.8, 4) is 11.3 Å². The summed E-state index contributed by atoms with van der Waals surface area (Å²) in [6.07, 6.45) is 2.08. The van der Waals surface area contributed by atoms with E-state index in [-0.39, 0.29) is 0 Å². The molecule has 2 rings (SSSR count). The van der Waals surface area contributed by atoms with Gasteiger partial charge < -0.3 is 10.3 Å². The first-order chi connectivity index (χ1) is 8.70. The Balaban J connectivity index is 2.16. The summed E-state index contributed by atoms with van der Waals surface area (Å²) in [5.74, 6) is 1.07. The van der Waals surface area contributed by atoms with Gasteiger partial charge in [-0.15, -0.1) is 0 Å². The zero-order valence-corrected chi connectivity index (χ0v) is 12.3. The fourth-order valence-electron chi connectivity index (χ4n) is 1.96. The molecule has 0 saturated carbocycles. The molecule has 1 heterocycles. The number of hydrogen-bond donors (Lipinski definition) is 2. The number of aromatic amines is 1. The predicted molar refractivity (Wildman–Crippen MR) is 78.7 cm³/mol. The molecule has 4 heteroatoms. The third kappa shape index (κ3) is 3.21. The lowest BCUT2D eigenvalue weighted by atomic mass is 10.1. The fraction of sp³-hybridized carbons (Fsp3) is 0.357. The van der Waals surface area contributed by atoms with Gasteiger partial charge in [-0.2, -0.15) is 0 Å². The SMILES string of the molecule is CNCCCc1nc(-c2ccc(Br)cc2)c(C)[nH]1. The molecule has 0 aliphatic heterocycles. The van der Waals surface area contributed by atoms with Gasteiger partial charge >= 0.3 is 0 Å². The molecule has 0 amide bonds. The summed E-state index contributed by atoms with van der Waals surface area (Å²) in [4.78, 5) is 8.05. The molecule has 0 bridgehead atoms. The van der Waals surface area contributed by atoms with E-state index in [1.165, 1.54) is 0 Å². The molecule has 0 aliphatic carbocycles. The summed E-state index contributed by atoms with van der Waals surface area (Å²) in [7, 11) is 1.97. The maximum Gasteiger partial charge on any atom is 0.107 e. The van der Waals surface area contributed by atoms with Crippen LogP contribution in [0.1, 0.15) is 17.9 Å². The summed E-state index contributed by atoms with van der Waals surface area (Å²) < 4.78 is 1.09. The number of aromatic nitrogens is 2. The number of hydrogen-bond acceptors (Lipinski definition) is 2.